The molecule has 2 aromatic heterocycles. The topological polar surface area (TPSA) is 69.0 Å². The van der Waals surface area contributed by atoms with Gasteiger partial charge in [-0.1, -0.05) is 30.0 Å². The van der Waals surface area contributed by atoms with Gasteiger partial charge in [0.05, 0.1) is 12.9 Å². The van der Waals surface area contributed by atoms with Gasteiger partial charge in [-0.3, -0.25) is 4.79 Å². The van der Waals surface area contributed by atoms with E-state index in [1.165, 1.54) is 16.6 Å². The molecule has 0 fully saturated rings. The second kappa shape index (κ2) is 9.57. The standard InChI is InChI=1S/C19H22N4O2S2/c1-23-17(12-16-4-3-11-26-16)21-22-19(23)27-13-18(24)20-10-9-14-5-7-15(25-2)8-6-14/h3-8,11H,9-10,12-13H2,1-2H3,(H,20,24). The Morgan fingerprint density at radius 2 is 2.07 bits per heavy atom. The molecule has 0 aliphatic heterocycles. The number of benzene rings is 1. The number of aromatic nitrogens is 3. The highest BCUT2D eigenvalue weighted by Crippen LogP contribution is 2.19. The average molecular weight is 403 g/mol. The lowest BCUT2D eigenvalue weighted by molar-refractivity contribution is -0.118. The van der Waals surface area contributed by atoms with Crippen molar-refractivity contribution in [3.8, 4) is 5.75 Å². The van der Waals surface area contributed by atoms with Gasteiger partial charge in [0.25, 0.3) is 0 Å². The summed E-state index contributed by atoms with van der Waals surface area (Å²) in [5.74, 6) is 2.06. The van der Waals surface area contributed by atoms with Gasteiger partial charge in [-0.25, -0.2) is 0 Å². The van der Waals surface area contributed by atoms with E-state index < -0.39 is 0 Å². The van der Waals surface area contributed by atoms with E-state index in [0.29, 0.717) is 12.3 Å². The first-order valence-corrected chi connectivity index (χ1v) is 10.5. The average Bonchev–Trinajstić information content (AvgIpc) is 3.32. The number of thiophene rings is 1. The van der Waals surface area contributed by atoms with Gasteiger partial charge in [0.1, 0.15) is 11.6 Å². The first kappa shape index (κ1) is 19.4. The Hall–Kier alpha value is -2.32. The van der Waals surface area contributed by atoms with Crippen molar-refractivity contribution in [3.05, 3.63) is 58.0 Å². The van der Waals surface area contributed by atoms with Crippen LogP contribution in [0, 0.1) is 0 Å². The fourth-order valence-electron chi connectivity index (χ4n) is 2.51. The monoisotopic (exact) mass is 402 g/mol. The molecule has 1 aromatic carbocycles. The molecule has 0 bridgehead atoms. The van der Waals surface area contributed by atoms with Crippen molar-refractivity contribution in [2.45, 2.75) is 18.0 Å². The molecule has 1 N–H and O–H groups in total. The van der Waals surface area contributed by atoms with E-state index in [0.717, 1.165) is 35.1 Å². The van der Waals surface area contributed by atoms with E-state index >= 15 is 0 Å². The molecule has 142 valence electrons. The second-order valence-electron chi connectivity index (χ2n) is 5.95. The number of carbonyl (C=O) groups is 1. The third kappa shape index (κ3) is 5.58. The molecule has 0 spiro atoms. The summed E-state index contributed by atoms with van der Waals surface area (Å²) in [6, 6.07) is 12.0. The van der Waals surface area contributed by atoms with Gasteiger partial charge in [-0.2, -0.15) is 0 Å². The zero-order valence-electron chi connectivity index (χ0n) is 15.3. The van der Waals surface area contributed by atoms with Crippen molar-refractivity contribution in [2.24, 2.45) is 7.05 Å². The van der Waals surface area contributed by atoms with Gasteiger partial charge in [-0.05, 0) is 35.6 Å². The summed E-state index contributed by atoms with van der Waals surface area (Å²) in [5.41, 5.74) is 1.16. The Kier molecular flexibility index (Phi) is 6.89. The lowest BCUT2D eigenvalue weighted by Gasteiger charge is -2.06. The van der Waals surface area contributed by atoms with Crippen LogP contribution in [0.5, 0.6) is 5.75 Å². The minimum atomic E-state index is -0.00341. The highest BCUT2D eigenvalue weighted by molar-refractivity contribution is 7.99. The summed E-state index contributed by atoms with van der Waals surface area (Å²) in [4.78, 5) is 13.3. The van der Waals surface area contributed by atoms with Gasteiger partial charge in [0.15, 0.2) is 5.16 Å². The van der Waals surface area contributed by atoms with Crippen molar-refractivity contribution in [1.82, 2.24) is 20.1 Å². The van der Waals surface area contributed by atoms with Gasteiger partial charge < -0.3 is 14.6 Å². The summed E-state index contributed by atoms with van der Waals surface area (Å²) in [7, 11) is 3.59. The van der Waals surface area contributed by atoms with Crippen LogP contribution in [-0.4, -0.2) is 40.1 Å². The van der Waals surface area contributed by atoms with Crippen LogP contribution in [0.15, 0.2) is 46.9 Å². The Bertz CT molecular complexity index is 860. The largest absolute Gasteiger partial charge is 0.497 e. The number of hydrogen-bond acceptors (Lipinski definition) is 6. The maximum absolute atomic E-state index is 12.1. The number of methoxy groups -OCH3 is 1. The smallest absolute Gasteiger partial charge is 0.230 e. The fourth-order valence-corrected chi connectivity index (χ4v) is 3.97. The number of thioether (sulfide) groups is 1. The van der Waals surface area contributed by atoms with Gasteiger partial charge in [0, 0.05) is 24.9 Å². The zero-order valence-corrected chi connectivity index (χ0v) is 17.0. The third-order valence-corrected chi connectivity index (χ3v) is 5.96. The van der Waals surface area contributed by atoms with Crippen molar-refractivity contribution in [1.29, 1.82) is 0 Å². The summed E-state index contributed by atoms with van der Waals surface area (Å²) in [6.45, 7) is 0.605. The third-order valence-electron chi connectivity index (χ3n) is 4.06. The van der Waals surface area contributed by atoms with Crippen LogP contribution in [0.4, 0.5) is 0 Å². The minimum Gasteiger partial charge on any atom is -0.497 e. The molecule has 0 aliphatic carbocycles. The molecule has 0 radical (unpaired) electrons. The van der Waals surface area contributed by atoms with E-state index in [-0.39, 0.29) is 5.91 Å². The van der Waals surface area contributed by atoms with Crippen molar-refractivity contribution in [3.63, 3.8) is 0 Å². The van der Waals surface area contributed by atoms with E-state index in [1.807, 2.05) is 41.9 Å². The molecule has 3 rings (SSSR count). The lowest BCUT2D eigenvalue weighted by atomic mass is 10.1. The van der Waals surface area contributed by atoms with E-state index in [2.05, 4.69) is 27.0 Å². The molecule has 0 aliphatic rings. The number of hydrogen-bond donors (Lipinski definition) is 1. The Morgan fingerprint density at radius 3 is 2.78 bits per heavy atom. The van der Waals surface area contributed by atoms with Gasteiger partial charge in [-0.15, -0.1) is 21.5 Å². The summed E-state index contributed by atoms with van der Waals surface area (Å²) >= 11 is 3.11. The minimum absolute atomic E-state index is 0.00341. The first-order chi connectivity index (χ1) is 13.2. The number of amides is 1. The number of nitrogens with one attached hydrogen (secondary N) is 1. The lowest BCUT2D eigenvalue weighted by Crippen LogP contribution is -2.27. The Labute approximate surface area is 167 Å². The fraction of sp³-hybridized carbons (Fsp3) is 0.316. The van der Waals surface area contributed by atoms with Crippen LogP contribution in [-0.2, 0) is 24.7 Å². The first-order valence-electron chi connectivity index (χ1n) is 8.59. The number of ether oxygens (including phenoxy) is 1. The predicted molar refractivity (Wildman–Crippen MR) is 109 cm³/mol. The van der Waals surface area contributed by atoms with E-state index in [4.69, 9.17) is 4.74 Å². The van der Waals surface area contributed by atoms with Crippen LogP contribution < -0.4 is 10.1 Å². The van der Waals surface area contributed by atoms with E-state index in [9.17, 15) is 4.79 Å². The molecule has 27 heavy (non-hydrogen) atoms. The number of nitrogens with zero attached hydrogens (tertiary/aromatic N) is 3. The zero-order chi connectivity index (χ0) is 19.1. The van der Waals surface area contributed by atoms with Crippen molar-refractivity contribution < 1.29 is 9.53 Å². The quantitative estimate of drug-likeness (QED) is 0.558. The summed E-state index contributed by atoms with van der Waals surface area (Å²) in [6.07, 6.45) is 1.55. The highest BCUT2D eigenvalue weighted by atomic mass is 32.2. The highest BCUT2D eigenvalue weighted by Gasteiger charge is 2.12. The SMILES string of the molecule is COc1ccc(CCNC(=O)CSc2nnc(Cc3cccs3)n2C)cc1. The molecule has 0 saturated heterocycles. The van der Waals surface area contributed by atoms with Crippen LogP contribution in [0.25, 0.3) is 0 Å². The van der Waals surface area contributed by atoms with Crippen molar-refractivity contribution in [2.75, 3.05) is 19.4 Å². The van der Waals surface area contributed by atoms with Crippen LogP contribution in [0.3, 0.4) is 0 Å². The van der Waals surface area contributed by atoms with Gasteiger partial charge in [0.2, 0.25) is 5.91 Å². The van der Waals surface area contributed by atoms with Crippen LogP contribution >= 0.6 is 23.1 Å². The molecular formula is C19H22N4O2S2. The van der Waals surface area contributed by atoms with Gasteiger partial charge >= 0.3 is 0 Å². The molecule has 3 aromatic rings. The molecule has 0 unspecified atom stereocenters. The number of carbonyl (C=O) groups excluding carboxylic acids is 1. The molecule has 1 amide bonds. The maximum atomic E-state index is 12.1. The normalized spacial score (nSPS) is 10.7. The van der Waals surface area contributed by atoms with Crippen molar-refractivity contribution >= 4 is 29.0 Å². The predicted octanol–water partition coefficient (Wildman–Crippen LogP) is 2.93. The Morgan fingerprint density at radius 1 is 1.26 bits per heavy atom. The second-order valence-corrected chi connectivity index (χ2v) is 7.93. The molecule has 6 nitrogen and oxygen atoms in total. The summed E-state index contributed by atoms with van der Waals surface area (Å²) in [5, 5.41) is 14.2. The molecule has 0 atom stereocenters. The molecule has 8 heteroatoms. The molecular weight excluding hydrogens is 380 g/mol. The Balaban J connectivity index is 1.41. The number of rotatable bonds is 9. The van der Waals surface area contributed by atoms with Crippen LogP contribution in [0.1, 0.15) is 16.3 Å². The molecule has 2 heterocycles. The van der Waals surface area contributed by atoms with E-state index in [1.54, 1.807) is 18.4 Å². The summed E-state index contributed by atoms with van der Waals surface area (Å²) < 4.78 is 7.09. The molecule has 0 saturated carbocycles. The maximum Gasteiger partial charge on any atom is 0.230 e. The van der Waals surface area contributed by atoms with Crippen LogP contribution in [0.2, 0.25) is 0 Å².